The van der Waals surface area contributed by atoms with E-state index in [9.17, 15) is 18.0 Å². The van der Waals surface area contributed by atoms with Crippen molar-refractivity contribution >= 4 is 27.4 Å². The lowest BCUT2D eigenvalue weighted by molar-refractivity contribution is -0.120. The average Bonchev–Trinajstić information content (AvgIpc) is 3.22. The number of para-hydroxylation sites is 1. The molecule has 1 saturated heterocycles. The van der Waals surface area contributed by atoms with Gasteiger partial charge in [0.15, 0.2) is 5.78 Å². The summed E-state index contributed by atoms with van der Waals surface area (Å²) in [6.07, 6.45) is 3.94. The zero-order chi connectivity index (χ0) is 21.3. The maximum absolute atomic E-state index is 13.1. The third kappa shape index (κ3) is 4.04. The van der Waals surface area contributed by atoms with Gasteiger partial charge in [-0.2, -0.15) is 4.31 Å². The number of aryl methyl sites for hydroxylation is 2. The molecule has 0 bridgehead atoms. The molecule has 7 heteroatoms. The fourth-order valence-corrected chi connectivity index (χ4v) is 5.87. The Labute approximate surface area is 177 Å². The molecule has 1 amide bonds. The highest BCUT2D eigenvalue weighted by molar-refractivity contribution is 7.89. The van der Waals surface area contributed by atoms with Crippen LogP contribution in [0.1, 0.15) is 47.7 Å². The first kappa shape index (κ1) is 20.8. The molecule has 2 aliphatic rings. The molecule has 0 unspecified atom stereocenters. The van der Waals surface area contributed by atoms with Gasteiger partial charge in [-0.05, 0) is 74.4 Å². The lowest BCUT2D eigenvalue weighted by Gasteiger charge is -2.30. The molecule has 0 atom stereocenters. The molecule has 30 heavy (non-hydrogen) atoms. The number of ketones is 1. The maximum Gasteiger partial charge on any atom is 0.243 e. The molecule has 6 nitrogen and oxygen atoms in total. The quantitative estimate of drug-likeness (QED) is 0.743. The molecule has 1 aliphatic carbocycles. The SMILES string of the molecule is CC(=O)c1ccccc1NC(=O)C1CCN(S(=O)(=O)c2ccc3c(c2)CCC3)CC1. The van der Waals surface area contributed by atoms with Gasteiger partial charge in [-0.15, -0.1) is 0 Å². The van der Waals surface area contributed by atoms with Crippen molar-refractivity contribution in [3.8, 4) is 0 Å². The fourth-order valence-electron chi connectivity index (χ4n) is 4.35. The van der Waals surface area contributed by atoms with E-state index >= 15 is 0 Å². The average molecular weight is 427 g/mol. The third-order valence-corrected chi connectivity index (χ3v) is 7.99. The molecule has 0 aromatic heterocycles. The second-order valence-electron chi connectivity index (χ2n) is 8.05. The van der Waals surface area contributed by atoms with Crippen LogP contribution in [-0.2, 0) is 27.7 Å². The number of nitrogens with one attached hydrogen (secondary N) is 1. The molecule has 1 N–H and O–H groups in total. The van der Waals surface area contributed by atoms with Gasteiger partial charge in [-0.1, -0.05) is 18.2 Å². The summed E-state index contributed by atoms with van der Waals surface area (Å²) in [7, 11) is -3.55. The second-order valence-corrected chi connectivity index (χ2v) is 9.99. The van der Waals surface area contributed by atoms with Crippen LogP contribution in [0.25, 0.3) is 0 Å². The minimum Gasteiger partial charge on any atom is -0.325 e. The molecular weight excluding hydrogens is 400 g/mol. The zero-order valence-electron chi connectivity index (χ0n) is 17.1. The Bertz CT molecular complexity index is 1090. The number of benzene rings is 2. The van der Waals surface area contributed by atoms with E-state index < -0.39 is 10.0 Å². The summed E-state index contributed by atoms with van der Waals surface area (Å²) in [5, 5.41) is 2.85. The van der Waals surface area contributed by atoms with Gasteiger partial charge in [0.05, 0.1) is 10.6 Å². The topological polar surface area (TPSA) is 83.6 Å². The summed E-state index contributed by atoms with van der Waals surface area (Å²) in [5.41, 5.74) is 3.36. The first-order valence-corrected chi connectivity index (χ1v) is 11.8. The predicted octanol–water partition coefficient (Wildman–Crippen LogP) is 3.42. The van der Waals surface area contributed by atoms with Crippen molar-refractivity contribution in [1.82, 2.24) is 4.31 Å². The molecule has 2 aromatic rings. The maximum atomic E-state index is 13.1. The van der Waals surface area contributed by atoms with Crippen molar-refractivity contribution in [2.45, 2.75) is 43.9 Å². The summed E-state index contributed by atoms with van der Waals surface area (Å²) in [6, 6.07) is 12.4. The molecule has 1 heterocycles. The lowest BCUT2D eigenvalue weighted by Crippen LogP contribution is -2.41. The highest BCUT2D eigenvalue weighted by Crippen LogP contribution is 2.29. The van der Waals surface area contributed by atoms with Gasteiger partial charge in [0, 0.05) is 24.6 Å². The van der Waals surface area contributed by atoms with E-state index in [2.05, 4.69) is 5.32 Å². The van der Waals surface area contributed by atoms with Crippen LogP contribution in [0.15, 0.2) is 47.4 Å². The number of hydrogen-bond donors (Lipinski definition) is 1. The minimum atomic E-state index is -3.55. The van der Waals surface area contributed by atoms with Crippen LogP contribution >= 0.6 is 0 Å². The molecule has 158 valence electrons. The Hall–Kier alpha value is -2.51. The number of carbonyl (C=O) groups excluding carboxylic acids is 2. The number of rotatable bonds is 5. The molecule has 0 radical (unpaired) electrons. The number of piperidine rings is 1. The Morgan fingerprint density at radius 3 is 2.43 bits per heavy atom. The van der Waals surface area contributed by atoms with Crippen LogP contribution in [0.3, 0.4) is 0 Å². The monoisotopic (exact) mass is 426 g/mol. The van der Waals surface area contributed by atoms with Gasteiger partial charge < -0.3 is 5.32 Å². The van der Waals surface area contributed by atoms with Crippen LogP contribution in [-0.4, -0.2) is 37.5 Å². The number of anilines is 1. The van der Waals surface area contributed by atoms with Crippen molar-refractivity contribution in [3.63, 3.8) is 0 Å². The number of fused-ring (bicyclic) bond motifs is 1. The lowest BCUT2D eigenvalue weighted by atomic mass is 9.97. The molecule has 4 rings (SSSR count). The van der Waals surface area contributed by atoms with E-state index in [-0.39, 0.29) is 17.6 Å². The molecule has 0 saturated carbocycles. The van der Waals surface area contributed by atoms with Crippen molar-refractivity contribution in [2.75, 3.05) is 18.4 Å². The van der Waals surface area contributed by atoms with E-state index in [1.165, 1.54) is 16.8 Å². The Kier molecular flexibility index (Phi) is 5.75. The molecule has 1 fully saturated rings. The molecule has 2 aromatic carbocycles. The minimum absolute atomic E-state index is 0.110. The van der Waals surface area contributed by atoms with Crippen molar-refractivity contribution in [1.29, 1.82) is 0 Å². The fraction of sp³-hybridized carbons (Fsp3) is 0.391. The van der Waals surface area contributed by atoms with Crippen LogP contribution in [0.2, 0.25) is 0 Å². The van der Waals surface area contributed by atoms with Gasteiger partial charge in [0.2, 0.25) is 15.9 Å². The zero-order valence-corrected chi connectivity index (χ0v) is 17.9. The largest absolute Gasteiger partial charge is 0.325 e. The number of amides is 1. The van der Waals surface area contributed by atoms with Crippen LogP contribution in [0, 0.1) is 5.92 Å². The molecular formula is C23H26N2O4S. The Balaban J connectivity index is 1.41. The first-order valence-electron chi connectivity index (χ1n) is 10.4. The highest BCUT2D eigenvalue weighted by Gasteiger charge is 2.32. The van der Waals surface area contributed by atoms with Crippen molar-refractivity contribution in [2.24, 2.45) is 5.92 Å². The summed E-state index contributed by atoms with van der Waals surface area (Å²) < 4.78 is 27.6. The van der Waals surface area contributed by atoms with Crippen LogP contribution < -0.4 is 5.32 Å². The van der Waals surface area contributed by atoms with Crippen molar-refractivity contribution in [3.05, 3.63) is 59.2 Å². The Morgan fingerprint density at radius 1 is 1.00 bits per heavy atom. The van der Waals surface area contributed by atoms with Gasteiger partial charge in [0.1, 0.15) is 0 Å². The van der Waals surface area contributed by atoms with Gasteiger partial charge in [-0.25, -0.2) is 8.42 Å². The number of sulfonamides is 1. The van der Waals surface area contributed by atoms with Crippen molar-refractivity contribution < 1.29 is 18.0 Å². The Morgan fingerprint density at radius 2 is 1.70 bits per heavy atom. The number of Topliss-reactive ketones (excluding diaryl/α,β-unsaturated/α-hetero) is 1. The number of carbonyl (C=O) groups is 2. The standard InChI is InChI=1S/C23H26N2O4S/c1-16(26)21-7-2-3-8-22(21)24-23(27)18-11-13-25(14-12-18)30(28,29)20-10-9-17-5-4-6-19(17)15-20/h2-3,7-10,15,18H,4-6,11-14H2,1H3,(H,24,27). The van der Waals surface area contributed by atoms with E-state index in [0.29, 0.717) is 42.1 Å². The molecule has 0 spiro atoms. The summed E-state index contributed by atoms with van der Waals surface area (Å²) >= 11 is 0. The second kappa shape index (κ2) is 8.32. The van der Waals surface area contributed by atoms with Gasteiger partial charge in [-0.3, -0.25) is 9.59 Å². The normalized spacial score (nSPS) is 17.5. The van der Waals surface area contributed by atoms with Crippen LogP contribution in [0.5, 0.6) is 0 Å². The summed E-state index contributed by atoms with van der Waals surface area (Å²) in [6.45, 7) is 2.09. The predicted molar refractivity (Wildman–Crippen MR) is 115 cm³/mol. The summed E-state index contributed by atoms with van der Waals surface area (Å²) in [5.74, 6) is -0.559. The van der Waals surface area contributed by atoms with E-state index in [1.807, 2.05) is 12.1 Å². The third-order valence-electron chi connectivity index (χ3n) is 6.10. The highest BCUT2D eigenvalue weighted by atomic mass is 32.2. The summed E-state index contributed by atoms with van der Waals surface area (Å²) in [4.78, 5) is 24.8. The van der Waals surface area contributed by atoms with E-state index in [0.717, 1.165) is 24.8 Å². The van der Waals surface area contributed by atoms with E-state index in [1.54, 1.807) is 30.3 Å². The van der Waals surface area contributed by atoms with Gasteiger partial charge >= 0.3 is 0 Å². The van der Waals surface area contributed by atoms with E-state index in [4.69, 9.17) is 0 Å². The smallest absolute Gasteiger partial charge is 0.243 e. The molecule has 1 aliphatic heterocycles. The van der Waals surface area contributed by atoms with Gasteiger partial charge in [0.25, 0.3) is 0 Å². The number of hydrogen-bond acceptors (Lipinski definition) is 4. The number of nitrogens with zero attached hydrogens (tertiary/aromatic N) is 1. The van der Waals surface area contributed by atoms with Crippen LogP contribution in [0.4, 0.5) is 5.69 Å². The first-order chi connectivity index (χ1) is 14.4.